The summed E-state index contributed by atoms with van der Waals surface area (Å²) >= 11 is 0. The monoisotopic (exact) mass is 406 g/mol. The Labute approximate surface area is 178 Å². The number of morpholine rings is 1. The van der Waals surface area contributed by atoms with Crippen molar-refractivity contribution >= 4 is 28.8 Å². The van der Waals surface area contributed by atoms with Gasteiger partial charge in [0.25, 0.3) is 0 Å². The van der Waals surface area contributed by atoms with Gasteiger partial charge in [0.15, 0.2) is 0 Å². The van der Waals surface area contributed by atoms with Crippen molar-refractivity contribution in [2.75, 3.05) is 41.4 Å². The van der Waals surface area contributed by atoms with E-state index in [0.29, 0.717) is 12.5 Å². The molecule has 6 nitrogen and oxygen atoms in total. The Morgan fingerprint density at radius 1 is 1.17 bits per heavy atom. The zero-order valence-electron chi connectivity index (χ0n) is 17.6. The first-order valence-corrected chi connectivity index (χ1v) is 11.2. The molecule has 6 heteroatoms. The average molecular weight is 407 g/mol. The number of amides is 1. The Bertz CT molecular complexity index is 925. The highest BCUT2D eigenvalue weighted by atomic mass is 16.5. The van der Waals surface area contributed by atoms with Crippen LogP contribution in [-0.2, 0) is 16.1 Å². The highest BCUT2D eigenvalue weighted by Gasteiger charge is 2.34. The number of anilines is 4. The molecule has 2 atom stereocenters. The normalized spacial score (nSPS) is 23.8. The Morgan fingerprint density at radius 3 is 2.83 bits per heavy atom. The number of carbonyl (C=O) groups is 1. The summed E-state index contributed by atoms with van der Waals surface area (Å²) in [6.07, 6.45) is 6.31. The number of hydrogen-bond acceptors (Lipinski definition) is 5. The third-order valence-electron chi connectivity index (χ3n) is 6.82. The van der Waals surface area contributed by atoms with Crippen molar-refractivity contribution in [1.82, 2.24) is 4.98 Å². The molecule has 0 radical (unpaired) electrons. The Morgan fingerprint density at radius 2 is 2.00 bits per heavy atom. The van der Waals surface area contributed by atoms with Crippen LogP contribution in [0.1, 0.15) is 38.2 Å². The highest BCUT2D eigenvalue weighted by molar-refractivity contribution is 6.00. The maximum atomic E-state index is 13.8. The van der Waals surface area contributed by atoms with E-state index in [1.807, 2.05) is 11.0 Å². The molecule has 2 unspecified atom stereocenters. The molecule has 1 saturated heterocycles. The summed E-state index contributed by atoms with van der Waals surface area (Å²) < 4.78 is 5.52. The van der Waals surface area contributed by atoms with Crippen LogP contribution in [0, 0.1) is 11.8 Å². The van der Waals surface area contributed by atoms with Crippen molar-refractivity contribution in [2.45, 2.75) is 39.2 Å². The summed E-state index contributed by atoms with van der Waals surface area (Å²) in [4.78, 5) is 22.7. The van der Waals surface area contributed by atoms with E-state index < -0.39 is 0 Å². The first-order chi connectivity index (χ1) is 14.7. The Kier molecular flexibility index (Phi) is 5.34. The van der Waals surface area contributed by atoms with Crippen molar-refractivity contribution in [3.63, 3.8) is 0 Å². The summed E-state index contributed by atoms with van der Waals surface area (Å²) in [5.74, 6) is 1.62. The molecule has 2 aliphatic heterocycles. The molecule has 2 fully saturated rings. The summed E-state index contributed by atoms with van der Waals surface area (Å²) in [5.41, 5.74) is 4.10. The van der Waals surface area contributed by atoms with Crippen LogP contribution in [0.3, 0.4) is 0 Å². The molecule has 1 amide bonds. The van der Waals surface area contributed by atoms with Gasteiger partial charge in [0, 0.05) is 36.5 Å². The van der Waals surface area contributed by atoms with Gasteiger partial charge in [0.05, 0.1) is 31.1 Å². The largest absolute Gasteiger partial charge is 0.378 e. The molecule has 158 valence electrons. The van der Waals surface area contributed by atoms with E-state index in [0.717, 1.165) is 74.0 Å². The maximum absolute atomic E-state index is 13.8. The van der Waals surface area contributed by atoms with Gasteiger partial charge in [-0.15, -0.1) is 0 Å². The van der Waals surface area contributed by atoms with E-state index in [1.54, 1.807) is 6.20 Å². The summed E-state index contributed by atoms with van der Waals surface area (Å²) in [6.45, 7) is 6.03. The van der Waals surface area contributed by atoms with Crippen molar-refractivity contribution in [1.29, 1.82) is 0 Å². The van der Waals surface area contributed by atoms with E-state index >= 15 is 0 Å². The van der Waals surface area contributed by atoms with Crippen LogP contribution in [0.4, 0.5) is 22.9 Å². The van der Waals surface area contributed by atoms with Gasteiger partial charge in [-0.25, -0.2) is 4.98 Å². The molecule has 1 aliphatic carbocycles. The molecule has 0 bridgehead atoms. The molecular weight excluding hydrogens is 376 g/mol. The Balaban J connectivity index is 1.55. The number of rotatable bonds is 2. The molecule has 0 spiro atoms. The van der Waals surface area contributed by atoms with Gasteiger partial charge in [-0.1, -0.05) is 25.8 Å². The third kappa shape index (κ3) is 3.65. The summed E-state index contributed by atoms with van der Waals surface area (Å²) in [6, 6.07) is 10.4. The molecule has 30 heavy (non-hydrogen) atoms. The summed E-state index contributed by atoms with van der Waals surface area (Å²) in [5, 5.41) is 3.48. The number of carbonyl (C=O) groups excluding carboxylic acids is 1. The number of fused-ring (bicyclic) bond motifs is 2. The molecule has 5 rings (SSSR count). The van der Waals surface area contributed by atoms with E-state index in [-0.39, 0.29) is 11.8 Å². The van der Waals surface area contributed by atoms with Crippen LogP contribution < -0.4 is 15.1 Å². The quantitative estimate of drug-likeness (QED) is 0.804. The zero-order chi connectivity index (χ0) is 20.5. The van der Waals surface area contributed by atoms with E-state index in [1.165, 1.54) is 6.42 Å². The number of pyridine rings is 1. The molecule has 3 aliphatic rings. The van der Waals surface area contributed by atoms with Gasteiger partial charge in [-0.3, -0.25) is 4.79 Å². The lowest BCUT2D eigenvalue weighted by Gasteiger charge is -2.34. The maximum Gasteiger partial charge on any atom is 0.230 e. The molecule has 1 aromatic heterocycles. The fourth-order valence-electron chi connectivity index (χ4n) is 5.01. The minimum atomic E-state index is 0.0943. The average Bonchev–Trinajstić information content (AvgIpc) is 2.96. The van der Waals surface area contributed by atoms with Crippen LogP contribution in [-0.4, -0.2) is 37.2 Å². The molecule has 3 heterocycles. The van der Waals surface area contributed by atoms with E-state index in [9.17, 15) is 4.79 Å². The molecular formula is C24H30N4O2. The first kappa shape index (κ1) is 19.4. The highest BCUT2D eigenvalue weighted by Crippen LogP contribution is 2.40. The van der Waals surface area contributed by atoms with Crippen molar-refractivity contribution in [3.05, 3.63) is 42.1 Å². The molecule has 1 saturated carbocycles. The first-order valence-electron chi connectivity index (χ1n) is 11.2. The Hall–Kier alpha value is -2.60. The van der Waals surface area contributed by atoms with Crippen LogP contribution in [0.25, 0.3) is 0 Å². The van der Waals surface area contributed by atoms with Crippen LogP contribution in [0.2, 0.25) is 0 Å². The summed E-state index contributed by atoms with van der Waals surface area (Å²) in [7, 11) is 0. The number of ether oxygens (including phenoxy) is 1. The smallest absolute Gasteiger partial charge is 0.230 e. The predicted molar refractivity (Wildman–Crippen MR) is 119 cm³/mol. The fraction of sp³-hybridized carbons (Fsp3) is 0.500. The van der Waals surface area contributed by atoms with Gasteiger partial charge >= 0.3 is 0 Å². The topological polar surface area (TPSA) is 57.7 Å². The second-order valence-corrected chi connectivity index (χ2v) is 8.73. The van der Waals surface area contributed by atoms with Gasteiger partial charge < -0.3 is 19.9 Å². The lowest BCUT2D eigenvalue weighted by molar-refractivity contribution is -0.125. The standard InChI is InChI=1S/C24H30N4O2/c1-17-5-2-3-7-20(17)24(29)28-16-18-6-4-10-25-23(18)26-21-9-8-19(15-22(21)28)27-11-13-30-14-12-27/h4,6,8-10,15,17,20H,2-3,5,7,11-14,16H2,1H3,(H,25,26). The van der Waals surface area contributed by atoms with Crippen LogP contribution in [0.5, 0.6) is 0 Å². The number of benzene rings is 1. The van der Waals surface area contributed by atoms with Crippen molar-refractivity contribution < 1.29 is 9.53 Å². The van der Waals surface area contributed by atoms with Gasteiger partial charge in [0.1, 0.15) is 5.82 Å². The lowest BCUT2D eigenvalue weighted by atomic mass is 9.79. The van der Waals surface area contributed by atoms with Crippen molar-refractivity contribution in [2.24, 2.45) is 11.8 Å². The number of hydrogen-bond donors (Lipinski definition) is 1. The number of nitrogens with one attached hydrogen (secondary N) is 1. The second kappa shape index (κ2) is 8.26. The van der Waals surface area contributed by atoms with Gasteiger partial charge in [0.2, 0.25) is 5.91 Å². The second-order valence-electron chi connectivity index (χ2n) is 8.73. The van der Waals surface area contributed by atoms with Gasteiger partial charge in [-0.05, 0) is 43.0 Å². The van der Waals surface area contributed by atoms with Crippen LogP contribution in [0.15, 0.2) is 36.5 Å². The fourth-order valence-corrected chi connectivity index (χ4v) is 5.01. The molecule has 1 N–H and O–H groups in total. The van der Waals surface area contributed by atoms with Crippen molar-refractivity contribution in [3.8, 4) is 0 Å². The predicted octanol–water partition coefficient (Wildman–Crippen LogP) is 4.33. The number of nitrogens with zero attached hydrogens (tertiary/aromatic N) is 3. The molecule has 2 aromatic rings. The van der Waals surface area contributed by atoms with Crippen LogP contribution >= 0.6 is 0 Å². The van der Waals surface area contributed by atoms with E-state index in [2.05, 4.69) is 46.4 Å². The molecule has 1 aromatic carbocycles. The van der Waals surface area contributed by atoms with E-state index in [4.69, 9.17) is 4.74 Å². The third-order valence-corrected chi connectivity index (χ3v) is 6.82. The SMILES string of the molecule is CC1CCCCC1C(=O)N1Cc2cccnc2Nc2ccc(N3CCOCC3)cc21. The van der Waals surface area contributed by atoms with Gasteiger partial charge in [-0.2, -0.15) is 0 Å². The minimum absolute atomic E-state index is 0.0943. The number of aromatic nitrogens is 1. The minimum Gasteiger partial charge on any atom is -0.378 e. The zero-order valence-corrected chi connectivity index (χ0v) is 17.6. The lowest BCUT2D eigenvalue weighted by Crippen LogP contribution is -2.40.